The number of hydrogen-bond acceptors (Lipinski definition) is 4. The molecule has 1 saturated carbocycles. The molecule has 0 bridgehead atoms. The van der Waals surface area contributed by atoms with Gasteiger partial charge in [-0.1, -0.05) is 62.9 Å². The Bertz CT molecular complexity index is 613. The van der Waals surface area contributed by atoms with Gasteiger partial charge >= 0.3 is 5.97 Å². The van der Waals surface area contributed by atoms with Gasteiger partial charge in [0.05, 0.1) is 19.4 Å². The van der Waals surface area contributed by atoms with Crippen LogP contribution in [0.4, 0.5) is 0 Å². The summed E-state index contributed by atoms with van der Waals surface area (Å²) in [6, 6.07) is 9.60. The van der Waals surface area contributed by atoms with Crippen LogP contribution >= 0.6 is 0 Å². The monoisotopic (exact) mass is 358 g/mol. The lowest BCUT2D eigenvalue weighted by Gasteiger charge is -2.18. The minimum atomic E-state index is -0.161. The average molecular weight is 358 g/mol. The fraction of sp³-hybridized carbons (Fsp3) is 0.571. The number of nitrogens with one attached hydrogen (secondary N) is 1. The maximum Gasteiger partial charge on any atom is 0.309 e. The highest BCUT2D eigenvalue weighted by Gasteiger charge is 2.38. The number of hydrazone groups is 1. The van der Waals surface area contributed by atoms with Gasteiger partial charge in [0.25, 0.3) is 0 Å². The first-order valence-electron chi connectivity index (χ1n) is 9.62. The van der Waals surface area contributed by atoms with Crippen molar-refractivity contribution in [3.05, 3.63) is 35.9 Å². The predicted molar refractivity (Wildman–Crippen MR) is 103 cm³/mol. The third kappa shape index (κ3) is 5.97. The summed E-state index contributed by atoms with van der Waals surface area (Å²) in [4.78, 5) is 24.2. The second-order valence-electron chi connectivity index (χ2n) is 6.92. The lowest BCUT2D eigenvalue weighted by Crippen LogP contribution is -2.27. The number of esters is 1. The molecule has 1 fully saturated rings. The molecular formula is C21H30N2O3. The largest absolute Gasteiger partial charge is 0.469 e. The van der Waals surface area contributed by atoms with E-state index in [1.165, 1.54) is 20.0 Å². The third-order valence-corrected chi connectivity index (χ3v) is 5.03. The van der Waals surface area contributed by atoms with Crippen molar-refractivity contribution >= 4 is 17.6 Å². The second-order valence-corrected chi connectivity index (χ2v) is 6.92. The highest BCUT2D eigenvalue weighted by molar-refractivity contribution is 5.94. The van der Waals surface area contributed by atoms with Crippen molar-refractivity contribution in [2.45, 2.75) is 58.3 Å². The van der Waals surface area contributed by atoms with E-state index in [0.717, 1.165) is 43.4 Å². The zero-order valence-electron chi connectivity index (χ0n) is 15.9. The Morgan fingerprint density at radius 1 is 1.19 bits per heavy atom. The number of ether oxygens (including phenoxy) is 1. The molecule has 2 atom stereocenters. The molecule has 0 aliphatic heterocycles. The summed E-state index contributed by atoms with van der Waals surface area (Å²) in [5.41, 5.74) is 4.57. The summed E-state index contributed by atoms with van der Waals surface area (Å²) in [7, 11) is 1.44. The molecule has 5 heteroatoms. The van der Waals surface area contributed by atoms with Gasteiger partial charge in [-0.15, -0.1) is 0 Å². The second kappa shape index (κ2) is 10.7. The average Bonchev–Trinajstić information content (AvgIpc) is 3.06. The van der Waals surface area contributed by atoms with Crippen LogP contribution in [0.5, 0.6) is 0 Å². The van der Waals surface area contributed by atoms with E-state index in [2.05, 4.69) is 17.5 Å². The SMILES string of the molecule is CCCCCC[C@@H]1/C(=N/NC(=O)Cc2ccccc2)CC[C@H]1C(=O)OC. The lowest BCUT2D eigenvalue weighted by molar-refractivity contribution is -0.146. The lowest BCUT2D eigenvalue weighted by atomic mass is 9.89. The highest BCUT2D eigenvalue weighted by atomic mass is 16.5. The molecule has 0 heterocycles. The first-order valence-corrected chi connectivity index (χ1v) is 9.62. The molecule has 1 aliphatic rings. The van der Waals surface area contributed by atoms with Gasteiger partial charge in [0, 0.05) is 11.6 Å². The number of nitrogens with zero attached hydrogens (tertiary/aromatic N) is 1. The minimum Gasteiger partial charge on any atom is -0.469 e. The van der Waals surface area contributed by atoms with Crippen molar-refractivity contribution < 1.29 is 14.3 Å². The predicted octanol–water partition coefficient (Wildman–Crippen LogP) is 3.87. The number of amides is 1. The molecule has 1 amide bonds. The number of rotatable bonds is 9. The van der Waals surface area contributed by atoms with Gasteiger partial charge in [-0.2, -0.15) is 5.10 Å². The van der Waals surface area contributed by atoms with Gasteiger partial charge in [0.15, 0.2) is 0 Å². The van der Waals surface area contributed by atoms with Crippen molar-refractivity contribution in [1.29, 1.82) is 0 Å². The van der Waals surface area contributed by atoms with Crippen LogP contribution in [-0.2, 0) is 20.7 Å². The number of benzene rings is 1. The van der Waals surface area contributed by atoms with E-state index in [-0.39, 0.29) is 23.7 Å². The van der Waals surface area contributed by atoms with Gasteiger partial charge < -0.3 is 4.74 Å². The summed E-state index contributed by atoms with van der Waals surface area (Å²) in [6.45, 7) is 2.18. The van der Waals surface area contributed by atoms with E-state index in [0.29, 0.717) is 6.42 Å². The molecule has 0 aromatic heterocycles. The number of carbonyl (C=O) groups excluding carboxylic acids is 2. The summed E-state index contributed by atoms with van der Waals surface area (Å²) < 4.78 is 4.96. The Hall–Kier alpha value is -2.17. The molecular weight excluding hydrogens is 328 g/mol. The zero-order valence-corrected chi connectivity index (χ0v) is 15.9. The topological polar surface area (TPSA) is 67.8 Å². The smallest absolute Gasteiger partial charge is 0.309 e. The summed E-state index contributed by atoms with van der Waals surface area (Å²) >= 11 is 0. The van der Waals surface area contributed by atoms with E-state index < -0.39 is 0 Å². The standard InChI is InChI=1S/C21H30N2O3/c1-3-4-5-9-12-17-18(21(25)26-2)13-14-19(17)22-23-20(24)15-16-10-7-6-8-11-16/h6-8,10-11,17-18H,3-5,9,12-15H2,1-2H3,(H,23,24)/b22-19+/t17-,18+/m0/s1. The van der Waals surface area contributed by atoms with Crippen LogP contribution in [0.1, 0.15) is 57.4 Å². The van der Waals surface area contributed by atoms with E-state index >= 15 is 0 Å². The van der Waals surface area contributed by atoms with E-state index in [1.54, 1.807) is 0 Å². The molecule has 0 spiro atoms. The normalized spacial score (nSPS) is 20.9. The van der Waals surface area contributed by atoms with E-state index in [1.807, 2.05) is 30.3 Å². The van der Waals surface area contributed by atoms with Gasteiger partial charge in [-0.05, 0) is 24.8 Å². The number of carbonyl (C=O) groups is 2. The third-order valence-electron chi connectivity index (χ3n) is 5.03. The van der Waals surface area contributed by atoms with Crippen molar-refractivity contribution in [2.75, 3.05) is 7.11 Å². The minimum absolute atomic E-state index is 0.0799. The maximum absolute atomic E-state index is 12.1. The quantitative estimate of drug-likeness (QED) is 0.414. The van der Waals surface area contributed by atoms with Crippen LogP contribution in [0.3, 0.4) is 0 Å². The first-order chi connectivity index (χ1) is 12.7. The molecule has 0 saturated heterocycles. The maximum atomic E-state index is 12.1. The number of unbranched alkanes of at least 4 members (excludes halogenated alkanes) is 3. The Balaban J connectivity index is 1.96. The van der Waals surface area contributed by atoms with Crippen LogP contribution in [0.25, 0.3) is 0 Å². The molecule has 26 heavy (non-hydrogen) atoms. The van der Waals surface area contributed by atoms with Crippen LogP contribution in [-0.4, -0.2) is 24.7 Å². The van der Waals surface area contributed by atoms with Crippen molar-refractivity contribution in [3.8, 4) is 0 Å². The Labute approximate surface area is 156 Å². The highest BCUT2D eigenvalue weighted by Crippen LogP contribution is 2.34. The number of methoxy groups -OCH3 is 1. The van der Waals surface area contributed by atoms with Crippen LogP contribution in [0.15, 0.2) is 35.4 Å². The van der Waals surface area contributed by atoms with Gasteiger partial charge in [-0.3, -0.25) is 9.59 Å². The fourth-order valence-corrected chi connectivity index (χ4v) is 3.61. The molecule has 1 aromatic carbocycles. The van der Waals surface area contributed by atoms with E-state index in [9.17, 15) is 9.59 Å². The van der Waals surface area contributed by atoms with Crippen LogP contribution in [0, 0.1) is 11.8 Å². The zero-order chi connectivity index (χ0) is 18.8. The summed E-state index contributed by atoms with van der Waals surface area (Å²) in [5.74, 6) is -0.344. The molecule has 142 valence electrons. The first kappa shape index (κ1) is 20.1. The van der Waals surface area contributed by atoms with Crippen LogP contribution in [0.2, 0.25) is 0 Å². The van der Waals surface area contributed by atoms with Crippen LogP contribution < -0.4 is 5.43 Å². The Morgan fingerprint density at radius 2 is 1.96 bits per heavy atom. The molecule has 1 aliphatic carbocycles. The summed E-state index contributed by atoms with van der Waals surface area (Å²) in [6.07, 6.45) is 7.34. The van der Waals surface area contributed by atoms with Gasteiger partial charge in [-0.25, -0.2) is 5.43 Å². The van der Waals surface area contributed by atoms with E-state index in [4.69, 9.17) is 4.74 Å². The molecule has 1 aromatic rings. The van der Waals surface area contributed by atoms with Crippen molar-refractivity contribution in [3.63, 3.8) is 0 Å². The molecule has 5 nitrogen and oxygen atoms in total. The fourth-order valence-electron chi connectivity index (χ4n) is 3.61. The molecule has 2 rings (SSSR count). The molecule has 1 N–H and O–H groups in total. The molecule has 0 unspecified atom stereocenters. The Morgan fingerprint density at radius 3 is 2.65 bits per heavy atom. The van der Waals surface area contributed by atoms with Crippen molar-refractivity contribution in [1.82, 2.24) is 5.43 Å². The van der Waals surface area contributed by atoms with Gasteiger partial charge in [0.1, 0.15) is 0 Å². The number of hydrogen-bond donors (Lipinski definition) is 1. The van der Waals surface area contributed by atoms with Crippen molar-refractivity contribution in [2.24, 2.45) is 16.9 Å². The summed E-state index contributed by atoms with van der Waals surface area (Å²) in [5, 5.41) is 4.38. The van der Waals surface area contributed by atoms with Gasteiger partial charge in [0.2, 0.25) is 5.91 Å². The Kier molecular flexibility index (Phi) is 8.32. The molecule has 0 radical (unpaired) electrons.